The van der Waals surface area contributed by atoms with Crippen LogP contribution in [-0.4, -0.2) is 26.9 Å². The third-order valence-corrected chi connectivity index (χ3v) is 3.92. The van der Waals surface area contributed by atoms with Crippen molar-refractivity contribution in [1.82, 2.24) is 0 Å². The lowest BCUT2D eigenvalue weighted by Gasteiger charge is -2.28. The SMILES string of the molecule is COCCOc1ccccc1C1CCNc2ccccc21. The van der Waals surface area contributed by atoms with Gasteiger partial charge in [0.1, 0.15) is 12.4 Å². The fourth-order valence-electron chi connectivity index (χ4n) is 2.93. The molecule has 0 saturated heterocycles. The van der Waals surface area contributed by atoms with Gasteiger partial charge in [0.15, 0.2) is 0 Å². The van der Waals surface area contributed by atoms with E-state index in [2.05, 4.69) is 47.8 Å². The molecule has 1 N–H and O–H groups in total. The maximum absolute atomic E-state index is 5.90. The Hall–Kier alpha value is -2.00. The average Bonchev–Trinajstić information content (AvgIpc) is 2.55. The molecule has 0 aliphatic carbocycles. The van der Waals surface area contributed by atoms with Gasteiger partial charge in [0, 0.05) is 30.8 Å². The minimum atomic E-state index is 0.390. The van der Waals surface area contributed by atoms with Crippen molar-refractivity contribution >= 4 is 5.69 Å². The number of hydrogen-bond donors (Lipinski definition) is 1. The molecule has 3 heteroatoms. The van der Waals surface area contributed by atoms with Gasteiger partial charge in [-0.1, -0.05) is 36.4 Å². The fourth-order valence-corrected chi connectivity index (χ4v) is 2.93. The number of methoxy groups -OCH3 is 1. The molecule has 2 aromatic carbocycles. The van der Waals surface area contributed by atoms with Gasteiger partial charge in [0.2, 0.25) is 0 Å². The van der Waals surface area contributed by atoms with Crippen LogP contribution in [0.25, 0.3) is 0 Å². The number of fused-ring (bicyclic) bond motifs is 1. The molecular formula is C18H21NO2. The van der Waals surface area contributed by atoms with Crippen molar-refractivity contribution in [2.24, 2.45) is 0 Å². The zero-order valence-electron chi connectivity index (χ0n) is 12.3. The van der Waals surface area contributed by atoms with Gasteiger partial charge >= 0.3 is 0 Å². The van der Waals surface area contributed by atoms with Crippen LogP contribution in [0.2, 0.25) is 0 Å². The highest BCUT2D eigenvalue weighted by molar-refractivity contribution is 5.58. The largest absolute Gasteiger partial charge is 0.491 e. The summed E-state index contributed by atoms with van der Waals surface area (Å²) in [5.41, 5.74) is 3.86. The molecule has 0 aromatic heterocycles. The average molecular weight is 283 g/mol. The Balaban J connectivity index is 1.91. The molecule has 21 heavy (non-hydrogen) atoms. The quantitative estimate of drug-likeness (QED) is 0.849. The molecule has 3 nitrogen and oxygen atoms in total. The molecule has 0 radical (unpaired) electrons. The van der Waals surface area contributed by atoms with Gasteiger partial charge in [-0.15, -0.1) is 0 Å². The molecule has 1 aliphatic heterocycles. The van der Waals surface area contributed by atoms with Crippen molar-refractivity contribution in [1.29, 1.82) is 0 Å². The summed E-state index contributed by atoms with van der Waals surface area (Å²) >= 11 is 0. The van der Waals surface area contributed by atoms with E-state index in [-0.39, 0.29) is 0 Å². The topological polar surface area (TPSA) is 30.5 Å². The summed E-state index contributed by atoms with van der Waals surface area (Å²) in [4.78, 5) is 0. The van der Waals surface area contributed by atoms with Gasteiger partial charge in [0.25, 0.3) is 0 Å². The molecule has 1 heterocycles. The molecule has 3 rings (SSSR count). The van der Waals surface area contributed by atoms with Crippen LogP contribution >= 0.6 is 0 Å². The number of benzene rings is 2. The maximum atomic E-state index is 5.90. The van der Waals surface area contributed by atoms with E-state index in [0.717, 1.165) is 18.7 Å². The molecule has 0 saturated carbocycles. The first-order valence-corrected chi connectivity index (χ1v) is 7.43. The van der Waals surface area contributed by atoms with Gasteiger partial charge in [-0.05, 0) is 24.1 Å². The van der Waals surface area contributed by atoms with Crippen LogP contribution in [-0.2, 0) is 4.74 Å². The summed E-state index contributed by atoms with van der Waals surface area (Å²) in [6.45, 7) is 2.19. The molecule has 0 amide bonds. The lowest BCUT2D eigenvalue weighted by atomic mass is 9.85. The Morgan fingerprint density at radius 2 is 1.76 bits per heavy atom. The summed E-state index contributed by atoms with van der Waals surface area (Å²) in [6.07, 6.45) is 1.08. The Bertz CT molecular complexity index is 597. The zero-order chi connectivity index (χ0) is 14.5. The molecule has 0 spiro atoms. The second-order valence-corrected chi connectivity index (χ2v) is 5.23. The standard InChI is InChI=1S/C18H21NO2/c1-20-12-13-21-18-9-5-3-7-16(18)14-10-11-19-17-8-4-2-6-15(14)17/h2-9,14,19H,10-13H2,1H3. The third-order valence-electron chi connectivity index (χ3n) is 3.92. The zero-order valence-corrected chi connectivity index (χ0v) is 12.3. The van der Waals surface area contributed by atoms with Crippen molar-refractivity contribution in [2.45, 2.75) is 12.3 Å². The Morgan fingerprint density at radius 3 is 2.62 bits per heavy atom. The van der Waals surface area contributed by atoms with Crippen molar-refractivity contribution in [3.8, 4) is 5.75 Å². The van der Waals surface area contributed by atoms with Crippen LogP contribution in [0.4, 0.5) is 5.69 Å². The summed E-state index contributed by atoms with van der Waals surface area (Å²) in [5.74, 6) is 1.36. The number of ether oxygens (including phenoxy) is 2. The van der Waals surface area contributed by atoms with E-state index in [4.69, 9.17) is 9.47 Å². The second kappa shape index (κ2) is 6.64. The predicted octanol–water partition coefficient (Wildman–Crippen LogP) is 3.66. The molecule has 0 bridgehead atoms. The maximum Gasteiger partial charge on any atom is 0.123 e. The lowest BCUT2D eigenvalue weighted by molar-refractivity contribution is 0.145. The number of anilines is 1. The Kier molecular flexibility index (Phi) is 4.41. The highest BCUT2D eigenvalue weighted by atomic mass is 16.5. The fraction of sp³-hybridized carbons (Fsp3) is 0.333. The number of rotatable bonds is 5. The van der Waals surface area contributed by atoms with E-state index < -0.39 is 0 Å². The molecular weight excluding hydrogens is 262 g/mol. The first kappa shape index (κ1) is 14.0. The van der Waals surface area contributed by atoms with Crippen LogP contribution < -0.4 is 10.1 Å². The Morgan fingerprint density at radius 1 is 1.00 bits per heavy atom. The van der Waals surface area contributed by atoms with E-state index in [1.807, 2.05) is 6.07 Å². The molecule has 1 aliphatic rings. The van der Waals surface area contributed by atoms with E-state index in [9.17, 15) is 0 Å². The van der Waals surface area contributed by atoms with Crippen LogP contribution in [0.15, 0.2) is 48.5 Å². The van der Waals surface area contributed by atoms with Crippen LogP contribution in [0, 0.1) is 0 Å². The molecule has 1 unspecified atom stereocenters. The van der Waals surface area contributed by atoms with Gasteiger partial charge in [-0.25, -0.2) is 0 Å². The monoisotopic (exact) mass is 283 g/mol. The van der Waals surface area contributed by atoms with E-state index in [1.54, 1.807) is 7.11 Å². The highest BCUT2D eigenvalue weighted by Crippen LogP contribution is 2.39. The third kappa shape index (κ3) is 3.03. The predicted molar refractivity (Wildman–Crippen MR) is 85.2 cm³/mol. The minimum absolute atomic E-state index is 0.390. The second-order valence-electron chi connectivity index (χ2n) is 5.23. The molecule has 110 valence electrons. The van der Waals surface area contributed by atoms with Crippen molar-refractivity contribution in [2.75, 3.05) is 32.2 Å². The number of nitrogens with one attached hydrogen (secondary N) is 1. The highest BCUT2D eigenvalue weighted by Gasteiger charge is 2.23. The first-order valence-electron chi connectivity index (χ1n) is 7.43. The lowest BCUT2D eigenvalue weighted by Crippen LogP contribution is -2.18. The normalized spacial score (nSPS) is 16.9. The van der Waals surface area contributed by atoms with E-state index in [1.165, 1.54) is 16.8 Å². The van der Waals surface area contributed by atoms with Crippen molar-refractivity contribution in [3.63, 3.8) is 0 Å². The van der Waals surface area contributed by atoms with Crippen LogP contribution in [0.3, 0.4) is 0 Å². The summed E-state index contributed by atoms with van der Waals surface area (Å²) in [7, 11) is 1.69. The first-order chi connectivity index (χ1) is 10.4. The molecule has 2 aromatic rings. The van der Waals surface area contributed by atoms with Crippen LogP contribution in [0.1, 0.15) is 23.5 Å². The van der Waals surface area contributed by atoms with Crippen LogP contribution in [0.5, 0.6) is 5.75 Å². The number of hydrogen-bond acceptors (Lipinski definition) is 3. The van der Waals surface area contributed by atoms with Crippen molar-refractivity contribution in [3.05, 3.63) is 59.7 Å². The smallest absolute Gasteiger partial charge is 0.123 e. The molecule has 0 fully saturated rings. The summed E-state index contributed by atoms with van der Waals surface area (Å²) < 4.78 is 11.0. The number of para-hydroxylation sites is 2. The molecule has 1 atom stereocenters. The van der Waals surface area contributed by atoms with Gasteiger partial charge < -0.3 is 14.8 Å². The Labute approximate surface area is 125 Å². The van der Waals surface area contributed by atoms with Gasteiger partial charge in [-0.3, -0.25) is 0 Å². The van der Waals surface area contributed by atoms with E-state index in [0.29, 0.717) is 19.1 Å². The summed E-state index contributed by atoms with van der Waals surface area (Å²) in [5, 5.41) is 3.47. The van der Waals surface area contributed by atoms with E-state index >= 15 is 0 Å². The minimum Gasteiger partial charge on any atom is -0.491 e. The summed E-state index contributed by atoms with van der Waals surface area (Å²) in [6, 6.07) is 16.9. The van der Waals surface area contributed by atoms with Gasteiger partial charge in [-0.2, -0.15) is 0 Å². The van der Waals surface area contributed by atoms with Gasteiger partial charge in [0.05, 0.1) is 6.61 Å². The van der Waals surface area contributed by atoms with Crippen molar-refractivity contribution < 1.29 is 9.47 Å².